The molecule has 0 saturated heterocycles. The summed E-state index contributed by atoms with van der Waals surface area (Å²) in [7, 11) is 0. The zero-order chi connectivity index (χ0) is 12.6. The van der Waals surface area contributed by atoms with Gasteiger partial charge in [-0.1, -0.05) is 33.9 Å². The van der Waals surface area contributed by atoms with Crippen LogP contribution in [0.1, 0.15) is 49.0 Å². The number of nitrogens with one attached hydrogen (secondary N) is 2. The summed E-state index contributed by atoms with van der Waals surface area (Å²) in [6, 6.07) is -1.38. The molecule has 0 amide bonds. The van der Waals surface area contributed by atoms with Crippen LogP contribution in [0.4, 0.5) is 0 Å². The van der Waals surface area contributed by atoms with E-state index in [-0.39, 0.29) is 104 Å². The van der Waals surface area contributed by atoms with Gasteiger partial charge in [-0.2, -0.15) is 0 Å². The fraction of sp³-hybridized carbons (Fsp3) is 0.750. The molecule has 2 N–H and O–H groups in total. The molecule has 7 heteroatoms. The van der Waals surface area contributed by atoms with E-state index in [0.29, 0.717) is 0 Å². The molecule has 5 nitrogen and oxygen atoms in total. The first-order valence-corrected chi connectivity index (χ1v) is 4.61. The Hall–Kier alpha value is 1.14. The van der Waals surface area contributed by atoms with E-state index >= 15 is 0 Å². The first kappa shape index (κ1) is 36.9. The average molecular weight is 424 g/mol. The summed E-state index contributed by atoms with van der Waals surface area (Å²) >= 11 is 0. The van der Waals surface area contributed by atoms with Gasteiger partial charge in [-0.25, -0.2) is 0 Å². The van der Waals surface area contributed by atoms with Crippen molar-refractivity contribution in [1.29, 1.82) is 0 Å². The molecule has 2 atom stereocenters. The van der Waals surface area contributed by atoms with Gasteiger partial charge in [-0.05, 0) is 27.2 Å². The fourth-order valence-corrected chi connectivity index (χ4v) is 0.431. The Kier molecular flexibility index (Phi) is 41.6. The molecule has 0 heterocycles. The van der Waals surface area contributed by atoms with Crippen molar-refractivity contribution in [1.82, 2.24) is 0 Å². The van der Waals surface area contributed by atoms with Gasteiger partial charge in [-0.3, -0.25) is 0 Å². The zero-order valence-electron chi connectivity index (χ0n) is 10.7. The van der Waals surface area contributed by atoms with E-state index in [9.17, 15) is 14.4 Å². The molecule has 0 aromatic rings. The summed E-state index contributed by atoms with van der Waals surface area (Å²) in [5, 5.41) is 0. The van der Waals surface area contributed by atoms with Crippen LogP contribution >= 0.6 is 0 Å². The van der Waals surface area contributed by atoms with E-state index in [0.717, 1.165) is 0 Å². The SMILES string of the molecule is C.C.CC(=O)C(C)[NH-].CC(=O)CC([NH-])C(C)=O.[Y].[Y]. The number of Topliss-reactive ketones (excluding diaryl/α,β-unsaturated/α-hetero) is 3. The van der Waals surface area contributed by atoms with Gasteiger partial charge in [0.1, 0.15) is 17.3 Å². The van der Waals surface area contributed by atoms with Crippen LogP contribution in [0.5, 0.6) is 0 Å². The molecule has 2 radical (unpaired) electrons. The smallest absolute Gasteiger partial charge is 0.128 e. The predicted molar refractivity (Wildman–Crippen MR) is 72.0 cm³/mol. The Morgan fingerprint density at radius 1 is 0.895 bits per heavy atom. The average Bonchev–Trinajstić information content (AvgIpc) is 2.03. The van der Waals surface area contributed by atoms with Crippen molar-refractivity contribution in [2.24, 2.45) is 0 Å². The molecular formula is C12H26N2O3Y2-2. The standard InChI is InChI=1S/C6H10NO2.C4H8NO.2CH4.2Y/c1-4(8)3-6(7)5(2)9;1-3(5)4(2)6;;;;/h6-7H,3H2,1-2H3;3,5H,1-2H3;2*1H4;;/q2*-1;;;;. The number of rotatable bonds is 4. The van der Waals surface area contributed by atoms with Crippen molar-refractivity contribution < 1.29 is 79.8 Å². The third-order valence-corrected chi connectivity index (χ3v) is 1.59. The number of hydrogen-bond donors (Lipinski definition) is 0. The van der Waals surface area contributed by atoms with E-state index < -0.39 is 12.1 Å². The topological polar surface area (TPSA) is 98.8 Å². The van der Waals surface area contributed by atoms with Gasteiger partial charge in [-0.15, -0.1) is 0 Å². The molecule has 0 aromatic carbocycles. The summed E-state index contributed by atoms with van der Waals surface area (Å²) in [6.07, 6.45) is 0.0509. The summed E-state index contributed by atoms with van der Waals surface area (Å²) < 4.78 is 0. The van der Waals surface area contributed by atoms with Crippen LogP contribution in [0.15, 0.2) is 0 Å². The van der Waals surface area contributed by atoms with Crippen LogP contribution in [0.2, 0.25) is 0 Å². The van der Waals surface area contributed by atoms with Gasteiger partial charge in [0.15, 0.2) is 0 Å². The predicted octanol–water partition coefficient (Wildman–Crippen LogP) is 3.26. The summed E-state index contributed by atoms with van der Waals surface area (Å²) in [6.45, 7) is 5.67. The molecule has 0 rings (SSSR count). The van der Waals surface area contributed by atoms with Crippen LogP contribution in [-0.4, -0.2) is 29.4 Å². The molecule has 110 valence electrons. The van der Waals surface area contributed by atoms with E-state index in [2.05, 4.69) is 0 Å². The van der Waals surface area contributed by atoms with Crippen LogP contribution in [0.25, 0.3) is 11.5 Å². The quantitative estimate of drug-likeness (QED) is 0.693. The van der Waals surface area contributed by atoms with Crippen molar-refractivity contribution in [2.75, 3.05) is 0 Å². The Bertz CT molecular complexity index is 247. The van der Waals surface area contributed by atoms with Crippen LogP contribution in [0, 0.1) is 0 Å². The summed E-state index contributed by atoms with van der Waals surface area (Å²) in [5.41, 5.74) is 13.7. The zero-order valence-corrected chi connectivity index (χ0v) is 16.4. The van der Waals surface area contributed by atoms with Gasteiger partial charge in [0, 0.05) is 65.4 Å². The molecule has 0 fully saturated rings. The monoisotopic (exact) mass is 424 g/mol. The molecule has 0 spiro atoms. The van der Waals surface area contributed by atoms with E-state index in [1.54, 1.807) is 6.92 Å². The Morgan fingerprint density at radius 2 is 1.16 bits per heavy atom. The minimum absolute atomic E-state index is 0. The third-order valence-electron chi connectivity index (χ3n) is 1.59. The number of carbonyl (C=O) groups is 3. The van der Waals surface area contributed by atoms with Crippen molar-refractivity contribution >= 4 is 17.3 Å². The largest absolute Gasteiger partial charge is 0.669 e. The normalized spacial score (nSPS) is 10.4. The first-order chi connectivity index (χ1) is 6.68. The maximum atomic E-state index is 10.3. The van der Waals surface area contributed by atoms with E-state index in [4.69, 9.17) is 11.5 Å². The third kappa shape index (κ3) is 32.6. The minimum atomic E-state index is -0.845. The van der Waals surface area contributed by atoms with Crippen LogP contribution < -0.4 is 0 Å². The molecule has 0 aliphatic rings. The van der Waals surface area contributed by atoms with Gasteiger partial charge in [0.25, 0.3) is 0 Å². The van der Waals surface area contributed by atoms with E-state index in [1.807, 2.05) is 0 Å². The number of hydrogen-bond acceptors (Lipinski definition) is 3. The molecule has 0 bridgehead atoms. The maximum absolute atomic E-state index is 10.3. The maximum Gasteiger partial charge on any atom is 0.128 e. The minimum Gasteiger partial charge on any atom is -0.669 e. The molecule has 0 aromatic heterocycles. The van der Waals surface area contributed by atoms with Gasteiger partial charge in [0.2, 0.25) is 0 Å². The number of carbonyl (C=O) groups excluding carboxylic acids is 3. The number of ketones is 3. The van der Waals surface area contributed by atoms with E-state index in [1.165, 1.54) is 20.8 Å². The molecule has 0 saturated carbocycles. The molecule has 19 heavy (non-hydrogen) atoms. The van der Waals surface area contributed by atoms with Gasteiger partial charge >= 0.3 is 0 Å². The van der Waals surface area contributed by atoms with Gasteiger partial charge in [0.05, 0.1) is 0 Å². The fourth-order valence-electron chi connectivity index (χ4n) is 0.431. The van der Waals surface area contributed by atoms with Crippen molar-refractivity contribution in [2.45, 2.75) is 61.1 Å². The van der Waals surface area contributed by atoms with Crippen LogP contribution in [0.3, 0.4) is 0 Å². The van der Waals surface area contributed by atoms with Crippen LogP contribution in [-0.2, 0) is 79.8 Å². The van der Waals surface area contributed by atoms with Gasteiger partial charge < -0.3 is 25.9 Å². The first-order valence-electron chi connectivity index (χ1n) is 4.61. The van der Waals surface area contributed by atoms with Crippen molar-refractivity contribution in [3.63, 3.8) is 0 Å². The second kappa shape index (κ2) is 21.4. The second-order valence-corrected chi connectivity index (χ2v) is 3.40. The Balaban J connectivity index is -0.0000000385. The Labute approximate surface area is 168 Å². The van der Waals surface area contributed by atoms with Crippen molar-refractivity contribution in [3.8, 4) is 0 Å². The summed E-state index contributed by atoms with van der Waals surface area (Å²) in [5.74, 6) is -0.426. The molecular weight excluding hydrogens is 398 g/mol. The second-order valence-electron chi connectivity index (χ2n) is 3.40. The van der Waals surface area contributed by atoms with Crippen molar-refractivity contribution in [3.05, 3.63) is 11.5 Å². The molecule has 2 unspecified atom stereocenters. The summed E-state index contributed by atoms with van der Waals surface area (Å²) in [4.78, 5) is 30.6. The molecule has 0 aliphatic carbocycles. The molecule has 0 aliphatic heterocycles. The Morgan fingerprint density at radius 3 is 1.21 bits per heavy atom.